The predicted molar refractivity (Wildman–Crippen MR) is 90.9 cm³/mol. The third kappa shape index (κ3) is 5.09. The Morgan fingerprint density at radius 2 is 1.92 bits per heavy atom. The van der Waals surface area contributed by atoms with Gasteiger partial charge in [0.05, 0.1) is 23.5 Å². The molecule has 2 rings (SSSR count). The Kier molecular flexibility index (Phi) is 5.78. The summed E-state index contributed by atoms with van der Waals surface area (Å²) in [4.78, 5) is 23.7. The van der Waals surface area contributed by atoms with Crippen LogP contribution in [-0.4, -0.2) is 43.9 Å². The zero-order valence-corrected chi connectivity index (χ0v) is 15.3. The predicted octanol–water partition coefficient (Wildman–Crippen LogP) is 1.77. The maximum absolute atomic E-state index is 11.9. The molecular formula is C15H17Cl2NO5S. The third-order valence-corrected chi connectivity index (χ3v) is 6.30. The molecule has 0 aliphatic carbocycles. The lowest BCUT2D eigenvalue weighted by Gasteiger charge is -2.23. The second kappa shape index (κ2) is 7.29. The summed E-state index contributed by atoms with van der Waals surface area (Å²) in [5, 5.41) is 3.29. The van der Waals surface area contributed by atoms with Crippen LogP contribution in [0.25, 0.3) is 0 Å². The summed E-state index contributed by atoms with van der Waals surface area (Å²) in [5.41, 5.74) is -0.394. The summed E-state index contributed by atoms with van der Waals surface area (Å²) in [5.74, 6) is -1.28. The van der Waals surface area contributed by atoms with E-state index < -0.39 is 33.9 Å². The van der Waals surface area contributed by atoms with Crippen LogP contribution < -0.4 is 5.32 Å². The first-order valence-electron chi connectivity index (χ1n) is 7.20. The number of halogens is 2. The average molecular weight is 394 g/mol. The van der Waals surface area contributed by atoms with Gasteiger partial charge in [0.2, 0.25) is 0 Å². The van der Waals surface area contributed by atoms with Crippen LogP contribution in [-0.2, 0) is 30.6 Å². The molecule has 0 radical (unpaired) electrons. The van der Waals surface area contributed by atoms with E-state index in [0.717, 1.165) is 0 Å². The number of hydrogen-bond donors (Lipinski definition) is 1. The SMILES string of the molecule is C[C@]1(NC(=O)COC(=O)Cc2c(Cl)cccc2Cl)CCS(=O)(=O)C1. The molecule has 0 spiro atoms. The topological polar surface area (TPSA) is 89.5 Å². The molecule has 1 amide bonds. The Bertz CT molecular complexity index is 745. The second-order valence-corrected chi connectivity index (χ2v) is 8.99. The van der Waals surface area contributed by atoms with Crippen LogP contribution >= 0.6 is 23.2 Å². The summed E-state index contributed by atoms with van der Waals surface area (Å²) < 4.78 is 27.9. The highest BCUT2D eigenvalue weighted by atomic mass is 35.5. The lowest BCUT2D eigenvalue weighted by atomic mass is 10.0. The molecule has 1 heterocycles. The van der Waals surface area contributed by atoms with Gasteiger partial charge in [-0.25, -0.2) is 8.42 Å². The first-order valence-corrected chi connectivity index (χ1v) is 9.78. The van der Waals surface area contributed by atoms with E-state index in [9.17, 15) is 18.0 Å². The molecule has 0 bridgehead atoms. The van der Waals surface area contributed by atoms with Gasteiger partial charge in [-0.2, -0.15) is 0 Å². The fraction of sp³-hybridized carbons (Fsp3) is 0.467. The number of carbonyl (C=O) groups excluding carboxylic acids is 2. The standard InChI is InChI=1S/C15H17Cl2NO5S/c1-15(5-6-24(21,22)9-15)18-13(19)8-23-14(20)7-10-11(16)3-2-4-12(10)17/h2-4H,5-9H2,1H3,(H,18,19)/t15-/m0/s1. The zero-order chi connectivity index (χ0) is 18.0. The van der Waals surface area contributed by atoms with Crippen LogP contribution in [0, 0.1) is 0 Å². The van der Waals surface area contributed by atoms with Crippen molar-refractivity contribution in [2.45, 2.75) is 25.3 Å². The molecule has 0 saturated carbocycles. The average Bonchev–Trinajstić information content (AvgIpc) is 2.74. The van der Waals surface area contributed by atoms with Crippen molar-refractivity contribution in [1.82, 2.24) is 5.32 Å². The van der Waals surface area contributed by atoms with Gasteiger partial charge in [-0.1, -0.05) is 29.3 Å². The molecule has 0 aromatic heterocycles. The molecule has 6 nitrogen and oxygen atoms in total. The largest absolute Gasteiger partial charge is 0.455 e. The van der Waals surface area contributed by atoms with Crippen molar-refractivity contribution < 1.29 is 22.7 Å². The molecule has 1 atom stereocenters. The molecule has 1 aliphatic rings. The number of carbonyl (C=O) groups is 2. The molecular weight excluding hydrogens is 377 g/mol. The Labute approximate surface area is 150 Å². The van der Waals surface area contributed by atoms with Crippen LogP contribution in [0.1, 0.15) is 18.9 Å². The van der Waals surface area contributed by atoms with Crippen molar-refractivity contribution in [2.75, 3.05) is 18.1 Å². The molecule has 1 aromatic carbocycles. The minimum Gasteiger partial charge on any atom is -0.455 e. The Morgan fingerprint density at radius 1 is 1.29 bits per heavy atom. The van der Waals surface area contributed by atoms with Gasteiger partial charge in [0.1, 0.15) is 0 Å². The summed E-state index contributed by atoms with van der Waals surface area (Å²) in [6.07, 6.45) is 0.182. The smallest absolute Gasteiger partial charge is 0.310 e. The molecule has 1 aromatic rings. The molecule has 132 valence electrons. The minimum absolute atomic E-state index is 0.0363. The highest BCUT2D eigenvalue weighted by molar-refractivity contribution is 7.91. The van der Waals surface area contributed by atoms with Gasteiger partial charge >= 0.3 is 5.97 Å². The number of rotatable bonds is 5. The summed E-state index contributed by atoms with van der Waals surface area (Å²) in [6, 6.07) is 4.86. The summed E-state index contributed by atoms with van der Waals surface area (Å²) >= 11 is 11.9. The van der Waals surface area contributed by atoms with Crippen molar-refractivity contribution in [3.8, 4) is 0 Å². The van der Waals surface area contributed by atoms with E-state index in [4.69, 9.17) is 27.9 Å². The van der Waals surface area contributed by atoms with E-state index in [1.807, 2.05) is 0 Å². The number of nitrogens with one attached hydrogen (secondary N) is 1. The van der Waals surface area contributed by atoms with Crippen LogP contribution in [0.3, 0.4) is 0 Å². The first kappa shape index (κ1) is 19.0. The molecule has 1 saturated heterocycles. The monoisotopic (exact) mass is 393 g/mol. The molecule has 1 fully saturated rings. The van der Waals surface area contributed by atoms with Crippen molar-refractivity contribution >= 4 is 44.9 Å². The number of esters is 1. The highest BCUT2D eigenvalue weighted by Crippen LogP contribution is 2.25. The van der Waals surface area contributed by atoms with Crippen LogP contribution in [0.2, 0.25) is 10.0 Å². The Balaban J connectivity index is 1.85. The number of ether oxygens (including phenoxy) is 1. The van der Waals surface area contributed by atoms with E-state index in [1.165, 1.54) is 0 Å². The fourth-order valence-electron chi connectivity index (χ4n) is 2.52. The van der Waals surface area contributed by atoms with Crippen LogP contribution in [0.5, 0.6) is 0 Å². The van der Waals surface area contributed by atoms with Gasteiger partial charge < -0.3 is 10.1 Å². The van der Waals surface area contributed by atoms with Crippen molar-refractivity contribution in [1.29, 1.82) is 0 Å². The highest BCUT2D eigenvalue weighted by Gasteiger charge is 2.39. The number of amides is 1. The van der Waals surface area contributed by atoms with E-state index >= 15 is 0 Å². The fourth-order valence-corrected chi connectivity index (χ4v) is 5.15. The summed E-state index contributed by atoms with van der Waals surface area (Å²) in [6.45, 7) is 1.16. The third-order valence-electron chi connectivity index (χ3n) is 3.69. The van der Waals surface area contributed by atoms with Crippen molar-refractivity contribution in [3.05, 3.63) is 33.8 Å². The van der Waals surface area contributed by atoms with Gasteiger partial charge in [0, 0.05) is 15.6 Å². The van der Waals surface area contributed by atoms with E-state index in [2.05, 4.69) is 5.32 Å². The number of benzene rings is 1. The molecule has 9 heteroatoms. The van der Waals surface area contributed by atoms with Crippen molar-refractivity contribution in [3.63, 3.8) is 0 Å². The maximum atomic E-state index is 11.9. The maximum Gasteiger partial charge on any atom is 0.310 e. The number of hydrogen-bond acceptors (Lipinski definition) is 5. The Hall–Kier alpha value is -1.31. The zero-order valence-electron chi connectivity index (χ0n) is 13.0. The molecule has 0 unspecified atom stereocenters. The second-order valence-electron chi connectivity index (χ2n) is 5.99. The van der Waals surface area contributed by atoms with E-state index in [1.54, 1.807) is 25.1 Å². The van der Waals surface area contributed by atoms with Gasteiger partial charge in [0.15, 0.2) is 16.4 Å². The van der Waals surface area contributed by atoms with Gasteiger partial charge in [0.25, 0.3) is 5.91 Å². The normalized spacial score (nSPS) is 22.1. The van der Waals surface area contributed by atoms with Crippen LogP contribution in [0.4, 0.5) is 0 Å². The molecule has 1 N–H and O–H groups in total. The quantitative estimate of drug-likeness (QED) is 0.769. The van der Waals surface area contributed by atoms with E-state index in [-0.39, 0.29) is 17.9 Å². The number of sulfone groups is 1. The van der Waals surface area contributed by atoms with Crippen molar-refractivity contribution in [2.24, 2.45) is 0 Å². The summed E-state index contributed by atoms with van der Waals surface area (Å²) in [7, 11) is -3.13. The first-order chi connectivity index (χ1) is 11.1. The lowest BCUT2D eigenvalue weighted by molar-refractivity contribution is -0.148. The van der Waals surface area contributed by atoms with Gasteiger partial charge in [-0.3, -0.25) is 9.59 Å². The van der Waals surface area contributed by atoms with Gasteiger partial charge in [-0.15, -0.1) is 0 Å². The van der Waals surface area contributed by atoms with Crippen LogP contribution in [0.15, 0.2) is 18.2 Å². The molecule has 24 heavy (non-hydrogen) atoms. The lowest BCUT2D eigenvalue weighted by Crippen LogP contribution is -2.48. The molecule has 1 aliphatic heterocycles. The van der Waals surface area contributed by atoms with Gasteiger partial charge in [-0.05, 0) is 25.5 Å². The minimum atomic E-state index is -3.13. The van der Waals surface area contributed by atoms with E-state index in [0.29, 0.717) is 22.0 Å². The Morgan fingerprint density at radius 3 is 2.46 bits per heavy atom.